The van der Waals surface area contributed by atoms with E-state index in [1.54, 1.807) is 13.3 Å². The van der Waals surface area contributed by atoms with Gasteiger partial charge in [0.2, 0.25) is 5.91 Å². The lowest BCUT2D eigenvalue weighted by molar-refractivity contribution is -0.122. The van der Waals surface area contributed by atoms with Crippen molar-refractivity contribution >= 4 is 23.2 Å². The molecule has 1 atom stereocenters. The van der Waals surface area contributed by atoms with Gasteiger partial charge in [-0.3, -0.25) is 4.79 Å². The van der Waals surface area contributed by atoms with E-state index >= 15 is 0 Å². The van der Waals surface area contributed by atoms with Crippen molar-refractivity contribution in [2.75, 3.05) is 7.11 Å². The van der Waals surface area contributed by atoms with Gasteiger partial charge in [0.25, 0.3) is 0 Å². The Morgan fingerprint density at radius 3 is 2.68 bits per heavy atom. The zero-order chi connectivity index (χ0) is 17.4. The normalized spacial score (nSPS) is 19.8. The van der Waals surface area contributed by atoms with Crippen LogP contribution in [0.1, 0.15) is 18.9 Å². The fourth-order valence-corrected chi connectivity index (χ4v) is 3.09. The number of methoxy groups -OCH3 is 1. The second-order valence-corrected chi connectivity index (χ2v) is 6.43. The lowest BCUT2D eigenvalue weighted by Gasteiger charge is -2.27. The Hall–Kier alpha value is -3.15. The minimum Gasteiger partial charge on any atom is -0.497 e. The van der Waals surface area contributed by atoms with Crippen LogP contribution in [-0.4, -0.2) is 29.2 Å². The number of nitrogens with one attached hydrogen (secondary N) is 2. The van der Waals surface area contributed by atoms with Crippen LogP contribution in [0.25, 0.3) is 22.4 Å². The maximum absolute atomic E-state index is 11.7. The van der Waals surface area contributed by atoms with Crippen LogP contribution in [0.5, 0.6) is 5.75 Å². The Kier molecular flexibility index (Phi) is 3.53. The van der Waals surface area contributed by atoms with E-state index in [1.165, 1.54) is 0 Å². The lowest BCUT2D eigenvalue weighted by atomic mass is 9.79. The highest BCUT2D eigenvalue weighted by Crippen LogP contribution is 2.30. The second-order valence-electron chi connectivity index (χ2n) is 6.43. The molecule has 3 aromatic rings. The number of imidazole rings is 1. The number of carbonyl (C=O) groups is 1. The summed E-state index contributed by atoms with van der Waals surface area (Å²) in [5.74, 6) is 1.54. The summed E-state index contributed by atoms with van der Waals surface area (Å²) >= 11 is 0. The van der Waals surface area contributed by atoms with Gasteiger partial charge >= 0.3 is 0 Å². The minimum absolute atomic E-state index is 0.0753. The number of hydrogen-bond acceptors (Lipinski definition) is 4. The molecule has 0 aliphatic carbocycles. The first-order chi connectivity index (χ1) is 12.1. The van der Waals surface area contributed by atoms with E-state index in [-0.39, 0.29) is 5.91 Å². The third-order valence-electron chi connectivity index (χ3n) is 4.57. The van der Waals surface area contributed by atoms with Crippen molar-refractivity contribution in [3.63, 3.8) is 0 Å². The number of nitrogens with zero attached hydrogens (tertiary/aromatic N) is 2. The third-order valence-corrected chi connectivity index (χ3v) is 4.57. The van der Waals surface area contributed by atoms with E-state index in [9.17, 15) is 4.79 Å². The molecule has 6 nitrogen and oxygen atoms in total. The molecular formula is C19H18N4O2. The van der Waals surface area contributed by atoms with Gasteiger partial charge in [0, 0.05) is 23.6 Å². The topological polar surface area (TPSA) is 79.4 Å². The predicted molar refractivity (Wildman–Crippen MR) is 96.7 cm³/mol. The smallest absolute Gasteiger partial charge is 0.241 e. The average Bonchev–Trinajstić information content (AvgIpc) is 3.05. The van der Waals surface area contributed by atoms with Crippen LogP contribution in [0.15, 0.2) is 47.6 Å². The molecule has 0 bridgehead atoms. The summed E-state index contributed by atoms with van der Waals surface area (Å²) in [6.07, 6.45) is 2.16. The molecule has 1 aliphatic heterocycles. The molecule has 0 radical (unpaired) electrons. The van der Waals surface area contributed by atoms with Crippen molar-refractivity contribution in [2.45, 2.75) is 18.8 Å². The number of carbonyl (C=O) groups excluding carboxylic acids is 1. The fourth-order valence-electron chi connectivity index (χ4n) is 3.09. The molecule has 0 spiro atoms. The van der Waals surface area contributed by atoms with Crippen LogP contribution in [0.3, 0.4) is 0 Å². The van der Waals surface area contributed by atoms with Gasteiger partial charge < -0.3 is 9.72 Å². The van der Waals surface area contributed by atoms with Crippen LogP contribution in [0.2, 0.25) is 0 Å². The molecule has 0 fully saturated rings. The van der Waals surface area contributed by atoms with E-state index in [2.05, 4.69) is 20.5 Å². The fraction of sp³-hybridized carbons (Fsp3) is 0.211. The standard InChI is InChI=1S/C19H18N4O2/c1-19(10-17(24)23-20-11-19)13-5-8-15-16(9-13)22-18(21-15)12-3-6-14(25-2)7-4-12/h3-9,11H,10H2,1-2H3,(H,21,22)(H,23,24). The Balaban J connectivity index is 1.73. The summed E-state index contributed by atoms with van der Waals surface area (Å²) in [6.45, 7) is 2.01. The Morgan fingerprint density at radius 1 is 1.16 bits per heavy atom. The van der Waals surface area contributed by atoms with Crippen molar-refractivity contribution in [2.24, 2.45) is 5.10 Å². The molecule has 2 aromatic carbocycles. The van der Waals surface area contributed by atoms with Crippen molar-refractivity contribution in [3.8, 4) is 17.1 Å². The Bertz CT molecular complexity index is 975. The maximum Gasteiger partial charge on any atom is 0.241 e. The molecule has 4 rings (SSSR count). The maximum atomic E-state index is 11.7. The van der Waals surface area contributed by atoms with Crippen LogP contribution < -0.4 is 10.2 Å². The summed E-state index contributed by atoms with van der Waals surface area (Å²) in [5, 5.41) is 3.97. The summed E-state index contributed by atoms with van der Waals surface area (Å²) in [7, 11) is 1.65. The largest absolute Gasteiger partial charge is 0.497 e. The number of fused-ring (bicyclic) bond motifs is 1. The SMILES string of the molecule is COc1ccc(-c2nc3ccc(C4(C)C=NNC(=O)C4)cc3[nH]2)cc1. The van der Waals surface area contributed by atoms with Gasteiger partial charge in [-0.05, 0) is 48.9 Å². The number of amides is 1. The zero-order valence-electron chi connectivity index (χ0n) is 14.0. The minimum atomic E-state index is -0.415. The summed E-state index contributed by atoms with van der Waals surface area (Å²) in [6, 6.07) is 13.8. The number of rotatable bonds is 3. The van der Waals surface area contributed by atoms with Gasteiger partial charge in [0.1, 0.15) is 11.6 Å². The number of aromatic amines is 1. The van der Waals surface area contributed by atoms with E-state index < -0.39 is 5.41 Å². The van der Waals surface area contributed by atoms with Gasteiger partial charge in [-0.25, -0.2) is 10.4 Å². The lowest BCUT2D eigenvalue weighted by Crippen LogP contribution is -2.37. The highest BCUT2D eigenvalue weighted by Gasteiger charge is 2.31. The van der Waals surface area contributed by atoms with Gasteiger partial charge in [-0.1, -0.05) is 6.07 Å². The molecule has 1 aromatic heterocycles. The quantitative estimate of drug-likeness (QED) is 0.773. The predicted octanol–water partition coefficient (Wildman–Crippen LogP) is 3.00. The van der Waals surface area contributed by atoms with Crippen LogP contribution >= 0.6 is 0 Å². The van der Waals surface area contributed by atoms with E-state index in [1.807, 2.05) is 49.4 Å². The van der Waals surface area contributed by atoms with Gasteiger partial charge in [-0.2, -0.15) is 5.10 Å². The van der Waals surface area contributed by atoms with Crippen molar-refractivity contribution in [3.05, 3.63) is 48.0 Å². The van der Waals surface area contributed by atoms with Crippen LogP contribution in [-0.2, 0) is 10.2 Å². The molecule has 25 heavy (non-hydrogen) atoms. The van der Waals surface area contributed by atoms with Crippen LogP contribution in [0, 0.1) is 0 Å². The highest BCUT2D eigenvalue weighted by atomic mass is 16.5. The summed E-state index contributed by atoms with van der Waals surface area (Å²) < 4.78 is 5.19. The first-order valence-corrected chi connectivity index (χ1v) is 8.05. The van der Waals surface area contributed by atoms with Gasteiger partial charge in [0.15, 0.2) is 0 Å². The molecule has 126 valence electrons. The number of hydrazone groups is 1. The molecule has 2 N–H and O–H groups in total. The monoisotopic (exact) mass is 334 g/mol. The van der Waals surface area contributed by atoms with Gasteiger partial charge in [0.05, 0.1) is 18.1 Å². The zero-order valence-corrected chi connectivity index (χ0v) is 14.0. The third kappa shape index (κ3) is 2.76. The average molecular weight is 334 g/mol. The number of benzene rings is 2. The molecule has 1 amide bonds. The molecule has 1 aliphatic rings. The molecule has 2 heterocycles. The van der Waals surface area contributed by atoms with Crippen molar-refractivity contribution < 1.29 is 9.53 Å². The van der Waals surface area contributed by atoms with E-state index in [0.717, 1.165) is 33.7 Å². The highest BCUT2D eigenvalue weighted by molar-refractivity contribution is 5.90. The molecular weight excluding hydrogens is 316 g/mol. The van der Waals surface area contributed by atoms with E-state index in [4.69, 9.17) is 4.74 Å². The number of H-pyrrole nitrogens is 1. The van der Waals surface area contributed by atoms with E-state index in [0.29, 0.717) is 6.42 Å². The molecule has 0 saturated heterocycles. The van der Waals surface area contributed by atoms with Crippen molar-refractivity contribution in [1.82, 2.24) is 15.4 Å². The summed E-state index contributed by atoms with van der Waals surface area (Å²) in [5.41, 5.74) is 5.90. The molecule has 6 heteroatoms. The van der Waals surface area contributed by atoms with Crippen LogP contribution in [0.4, 0.5) is 0 Å². The van der Waals surface area contributed by atoms with Crippen molar-refractivity contribution in [1.29, 1.82) is 0 Å². The Labute approximate surface area is 144 Å². The second kappa shape index (κ2) is 5.73. The number of aromatic nitrogens is 2. The number of ether oxygens (including phenoxy) is 1. The first kappa shape index (κ1) is 15.4. The Morgan fingerprint density at radius 2 is 1.96 bits per heavy atom. The number of hydrogen-bond donors (Lipinski definition) is 2. The summed E-state index contributed by atoms with van der Waals surface area (Å²) in [4.78, 5) is 19.7. The first-order valence-electron chi connectivity index (χ1n) is 8.05. The molecule has 0 saturated carbocycles. The van der Waals surface area contributed by atoms with Gasteiger partial charge in [-0.15, -0.1) is 0 Å². The molecule has 1 unspecified atom stereocenters.